The van der Waals surface area contributed by atoms with Gasteiger partial charge in [0.2, 0.25) is 0 Å². The van der Waals surface area contributed by atoms with Gasteiger partial charge in [0.15, 0.2) is 0 Å². The molecule has 1 aromatic carbocycles. The lowest BCUT2D eigenvalue weighted by atomic mass is 9.84. The normalized spacial score (nSPS) is 13.9. The first-order chi connectivity index (χ1) is 7.62. The van der Waals surface area contributed by atoms with E-state index < -0.39 is 5.41 Å². The number of carbonyl (C=O) groups is 1. The lowest BCUT2D eigenvalue weighted by molar-refractivity contribution is -0.149. The molecule has 0 aliphatic rings. The van der Waals surface area contributed by atoms with Gasteiger partial charge < -0.3 is 4.74 Å². The van der Waals surface area contributed by atoms with E-state index in [9.17, 15) is 4.79 Å². The number of esters is 1. The fourth-order valence-electron chi connectivity index (χ4n) is 1.57. The molecule has 0 N–H and O–H groups in total. The van der Waals surface area contributed by atoms with Crippen molar-refractivity contribution in [3.8, 4) is 0 Å². The van der Waals surface area contributed by atoms with Crippen LogP contribution in [0.3, 0.4) is 0 Å². The van der Waals surface area contributed by atoms with Gasteiger partial charge in [-0.15, -0.1) is 6.58 Å². The first-order valence-electron chi connectivity index (χ1n) is 5.38. The van der Waals surface area contributed by atoms with Crippen LogP contribution in [0.5, 0.6) is 0 Å². The minimum absolute atomic E-state index is 0.224. The van der Waals surface area contributed by atoms with Gasteiger partial charge >= 0.3 is 5.97 Å². The Morgan fingerprint density at radius 3 is 2.56 bits per heavy atom. The molecular formula is C14H18O2. The molecule has 0 heterocycles. The molecule has 0 spiro atoms. The van der Waals surface area contributed by atoms with Crippen molar-refractivity contribution in [1.29, 1.82) is 0 Å². The van der Waals surface area contributed by atoms with Crippen molar-refractivity contribution in [2.75, 3.05) is 7.11 Å². The monoisotopic (exact) mass is 218 g/mol. The van der Waals surface area contributed by atoms with Gasteiger partial charge in [0.05, 0.1) is 12.5 Å². The van der Waals surface area contributed by atoms with Gasteiger partial charge in [0.1, 0.15) is 0 Å². The first-order valence-corrected chi connectivity index (χ1v) is 5.38. The van der Waals surface area contributed by atoms with Gasteiger partial charge in [0.25, 0.3) is 0 Å². The van der Waals surface area contributed by atoms with Gasteiger partial charge in [-0.25, -0.2) is 0 Å². The number of benzene rings is 1. The number of rotatable bonds is 5. The average Bonchev–Trinajstić information content (AvgIpc) is 2.36. The van der Waals surface area contributed by atoms with E-state index in [4.69, 9.17) is 4.74 Å². The summed E-state index contributed by atoms with van der Waals surface area (Å²) in [6, 6.07) is 10.1. The Kier molecular flexibility index (Phi) is 4.29. The van der Waals surface area contributed by atoms with Crippen molar-refractivity contribution >= 4 is 5.97 Å². The summed E-state index contributed by atoms with van der Waals surface area (Å²) in [5.74, 6) is -0.224. The van der Waals surface area contributed by atoms with E-state index in [0.29, 0.717) is 6.42 Å². The van der Waals surface area contributed by atoms with Crippen molar-refractivity contribution in [1.82, 2.24) is 0 Å². The minimum Gasteiger partial charge on any atom is -0.468 e. The van der Waals surface area contributed by atoms with Crippen LogP contribution in [0, 0.1) is 5.41 Å². The molecule has 0 fully saturated rings. The molecule has 86 valence electrons. The predicted octanol–water partition coefficient (Wildman–Crippen LogP) is 2.98. The highest BCUT2D eigenvalue weighted by atomic mass is 16.5. The molecule has 0 aliphatic heterocycles. The molecule has 0 radical (unpaired) electrons. The van der Waals surface area contributed by atoms with Crippen molar-refractivity contribution < 1.29 is 9.53 Å². The van der Waals surface area contributed by atoms with E-state index in [-0.39, 0.29) is 5.97 Å². The van der Waals surface area contributed by atoms with Gasteiger partial charge in [0, 0.05) is 0 Å². The molecule has 16 heavy (non-hydrogen) atoms. The fourth-order valence-corrected chi connectivity index (χ4v) is 1.57. The summed E-state index contributed by atoms with van der Waals surface area (Å²) in [4.78, 5) is 11.6. The number of carbonyl (C=O) groups excluding carboxylic acids is 1. The maximum absolute atomic E-state index is 11.6. The van der Waals surface area contributed by atoms with Crippen LogP contribution in [-0.2, 0) is 16.0 Å². The Bertz CT molecular complexity index is 356. The van der Waals surface area contributed by atoms with Crippen molar-refractivity contribution in [3.63, 3.8) is 0 Å². The van der Waals surface area contributed by atoms with E-state index >= 15 is 0 Å². The Hall–Kier alpha value is -1.57. The molecule has 0 amide bonds. The summed E-state index contributed by atoms with van der Waals surface area (Å²) in [5.41, 5.74) is 0.629. The van der Waals surface area contributed by atoms with Gasteiger partial charge in [-0.2, -0.15) is 0 Å². The van der Waals surface area contributed by atoms with Crippen LogP contribution in [-0.4, -0.2) is 13.1 Å². The van der Waals surface area contributed by atoms with Crippen LogP contribution in [0.15, 0.2) is 43.0 Å². The van der Waals surface area contributed by atoms with Crippen LogP contribution < -0.4 is 0 Å². The Labute approximate surface area is 96.9 Å². The molecule has 1 aromatic rings. The molecule has 0 saturated heterocycles. The van der Waals surface area contributed by atoms with E-state index in [1.807, 2.05) is 25.1 Å². The summed E-state index contributed by atoms with van der Waals surface area (Å²) >= 11 is 0. The third-order valence-corrected chi connectivity index (χ3v) is 2.88. The molecule has 0 aromatic heterocycles. The zero-order valence-corrected chi connectivity index (χ0v) is 9.90. The molecule has 2 nitrogen and oxygen atoms in total. The summed E-state index contributed by atoms with van der Waals surface area (Å²) in [6.07, 6.45) is 3.23. The summed E-state index contributed by atoms with van der Waals surface area (Å²) in [5, 5.41) is 0. The highest BCUT2D eigenvalue weighted by molar-refractivity contribution is 5.78. The Morgan fingerprint density at radius 1 is 1.44 bits per heavy atom. The molecular weight excluding hydrogens is 200 g/mol. The van der Waals surface area contributed by atoms with Crippen molar-refractivity contribution in [2.24, 2.45) is 5.41 Å². The van der Waals surface area contributed by atoms with E-state index in [0.717, 1.165) is 6.42 Å². The number of ether oxygens (including phenoxy) is 1. The van der Waals surface area contributed by atoms with E-state index in [2.05, 4.69) is 18.7 Å². The molecule has 0 bridgehead atoms. The van der Waals surface area contributed by atoms with Crippen LogP contribution in [0.4, 0.5) is 0 Å². The second-order valence-electron chi connectivity index (χ2n) is 4.10. The second-order valence-corrected chi connectivity index (χ2v) is 4.10. The third-order valence-electron chi connectivity index (χ3n) is 2.88. The van der Waals surface area contributed by atoms with Crippen molar-refractivity contribution in [3.05, 3.63) is 48.6 Å². The van der Waals surface area contributed by atoms with Gasteiger partial charge in [-0.05, 0) is 25.3 Å². The predicted molar refractivity (Wildman–Crippen MR) is 65.1 cm³/mol. The number of hydrogen-bond donors (Lipinski definition) is 0. The molecule has 1 atom stereocenters. The quantitative estimate of drug-likeness (QED) is 0.561. The van der Waals surface area contributed by atoms with E-state index in [1.165, 1.54) is 12.7 Å². The van der Waals surface area contributed by atoms with Crippen LogP contribution in [0.2, 0.25) is 0 Å². The summed E-state index contributed by atoms with van der Waals surface area (Å²) in [7, 11) is 1.41. The van der Waals surface area contributed by atoms with Crippen LogP contribution in [0.1, 0.15) is 18.9 Å². The smallest absolute Gasteiger partial charge is 0.315 e. The average molecular weight is 218 g/mol. The maximum Gasteiger partial charge on any atom is 0.315 e. The Morgan fingerprint density at radius 2 is 2.06 bits per heavy atom. The topological polar surface area (TPSA) is 26.3 Å². The highest BCUT2D eigenvalue weighted by Crippen LogP contribution is 2.26. The van der Waals surface area contributed by atoms with Crippen LogP contribution >= 0.6 is 0 Å². The number of methoxy groups -OCH3 is 1. The van der Waals surface area contributed by atoms with Crippen LogP contribution in [0.25, 0.3) is 0 Å². The van der Waals surface area contributed by atoms with E-state index in [1.54, 1.807) is 6.08 Å². The highest BCUT2D eigenvalue weighted by Gasteiger charge is 2.30. The number of hydrogen-bond acceptors (Lipinski definition) is 2. The second kappa shape index (κ2) is 5.50. The Balaban J connectivity index is 2.65. The van der Waals surface area contributed by atoms with Gasteiger partial charge in [-0.3, -0.25) is 4.79 Å². The van der Waals surface area contributed by atoms with Crippen molar-refractivity contribution in [2.45, 2.75) is 19.8 Å². The van der Waals surface area contributed by atoms with Gasteiger partial charge in [-0.1, -0.05) is 36.4 Å². The summed E-state index contributed by atoms with van der Waals surface area (Å²) < 4.78 is 4.78. The number of aryl methyl sites for hydroxylation is 1. The maximum atomic E-state index is 11.6. The zero-order valence-electron chi connectivity index (χ0n) is 9.90. The third kappa shape index (κ3) is 2.96. The molecule has 1 rings (SSSR count). The first kappa shape index (κ1) is 12.5. The molecule has 0 saturated carbocycles. The largest absolute Gasteiger partial charge is 0.468 e. The molecule has 0 aliphatic carbocycles. The minimum atomic E-state index is -0.593. The molecule has 1 unspecified atom stereocenters. The SMILES string of the molecule is C=CC(C)(CCc1ccccc1)C(=O)OC. The lowest BCUT2D eigenvalue weighted by Crippen LogP contribution is -2.27. The lowest BCUT2D eigenvalue weighted by Gasteiger charge is -2.22. The zero-order chi connectivity index (χ0) is 12.0. The molecule has 2 heteroatoms. The summed E-state index contributed by atoms with van der Waals surface area (Å²) in [6.45, 7) is 5.57. The fraction of sp³-hybridized carbons (Fsp3) is 0.357. The standard InChI is InChI=1S/C14H18O2/c1-4-14(2,13(15)16-3)11-10-12-8-6-5-7-9-12/h4-9H,1,10-11H2,2-3H3.